The van der Waals surface area contributed by atoms with Crippen LogP contribution in [0.15, 0.2) is 18.2 Å². The topological polar surface area (TPSA) is 54.4 Å². The summed E-state index contributed by atoms with van der Waals surface area (Å²) in [5, 5.41) is -0.906. The largest absolute Gasteiger partial charge is 0.285 e. The van der Waals surface area contributed by atoms with Crippen molar-refractivity contribution in [2.24, 2.45) is 0 Å². The van der Waals surface area contributed by atoms with E-state index >= 15 is 0 Å². The second-order valence-corrected chi connectivity index (χ2v) is 6.66. The molecule has 0 spiro atoms. The second kappa shape index (κ2) is 4.18. The van der Waals surface area contributed by atoms with E-state index in [-0.39, 0.29) is 5.41 Å². The minimum absolute atomic E-state index is 0.175. The minimum Gasteiger partial charge on any atom is -0.285 e. The van der Waals surface area contributed by atoms with Crippen molar-refractivity contribution < 1.29 is 13.0 Å². The van der Waals surface area contributed by atoms with E-state index in [1.165, 1.54) is 6.92 Å². The van der Waals surface area contributed by atoms with Gasteiger partial charge in [-0.05, 0) is 29.5 Å². The third kappa shape index (κ3) is 2.83. The molecule has 3 nitrogen and oxygen atoms in total. The molecule has 1 radical (unpaired) electrons. The normalized spacial score (nSPS) is 14.8. The van der Waals surface area contributed by atoms with Crippen molar-refractivity contribution in [3.05, 3.63) is 35.4 Å². The molecule has 4 heteroatoms. The van der Waals surface area contributed by atoms with Crippen LogP contribution in [0, 0.1) is 6.07 Å². The smallest absolute Gasteiger partial charge is 0.271 e. The van der Waals surface area contributed by atoms with Crippen molar-refractivity contribution >= 4 is 10.1 Å². The van der Waals surface area contributed by atoms with Crippen molar-refractivity contribution in [3.8, 4) is 0 Å². The van der Waals surface area contributed by atoms with Crippen LogP contribution < -0.4 is 0 Å². The molecule has 1 aromatic carbocycles. The zero-order valence-electron chi connectivity index (χ0n) is 9.98. The molecule has 89 valence electrons. The highest BCUT2D eigenvalue weighted by molar-refractivity contribution is 7.86. The summed E-state index contributed by atoms with van der Waals surface area (Å²) in [6, 6.07) is 8.07. The van der Waals surface area contributed by atoms with Crippen LogP contribution in [0.4, 0.5) is 0 Å². The van der Waals surface area contributed by atoms with E-state index in [0.29, 0.717) is 5.56 Å². The summed E-state index contributed by atoms with van der Waals surface area (Å²) in [5.74, 6) is 0. The Balaban J connectivity index is 3.36. The maximum Gasteiger partial charge on any atom is 0.271 e. The van der Waals surface area contributed by atoms with E-state index in [1.807, 2.05) is 20.8 Å². The van der Waals surface area contributed by atoms with Crippen LogP contribution >= 0.6 is 0 Å². The first-order valence-electron chi connectivity index (χ1n) is 5.11. The molecule has 1 rings (SSSR count). The fraction of sp³-hybridized carbons (Fsp3) is 0.500. The number of hydrogen-bond donors (Lipinski definition) is 1. The molecule has 0 amide bonds. The van der Waals surface area contributed by atoms with Crippen molar-refractivity contribution in [2.45, 2.75) is 38.4 Å². The molecule has 0 bridgehead atoms. The van der Waals surface area contributed by atoms with Crippen LogP contribution in [-0.2, 0) is 15.5 Å². The van der Waals surface area contributed by atoms with Gasteiger partial charge in [-0.1, -0.05) is 39.0 Å². The molecule has 16 heavy (non-hydrogen) atoms. The second-order valence-electron chi connectivity index (χ2n) is 4.92. The Bertz CT molecular complexity index is 469. The number of rotatable bonds is 2. The van der Waals surface area contributed by atoms with E-state index < -0.39 is 15.4 Å². The van der Waals surface area contributed by atoms with E-state index in [0.717, 1.165) is 5.56 Å². The fourth-order valence-corrected chi connectivity index (χ4v) is 2.13. The molecule has 0 aliphatic carbocycles. The molecule has 0 aliphatic heterocycles. The lowest BCUT2D eigenvalue weighted by Gasteiger charge is -2.24. The molecule has 1 N–H and O–H groups in total. The fourth-order valence-electron chi connectivity index (χ4n) is 1.61. The maximum absolute atomic E-state index is 11.2. The summed E-state index contributed by atoms with van der Waals surface area (Å²) in [7, 11) is -4.05. The monoisotopic (exact) mass is 241 g/mol. The molecule has 0 saturated heterocycles. The zero-order valence-corrected chi connectivity index (χ0v) is 10.8. The molecular weight excluding hydrogens is 224 g/mol. The third-order valence-corrected chi connectivity index (χ3v) is 3.74. The Morgan fingerprint density at radius 1 is 1.38 bits per heavy atom. The highest BCUT2D eigenvalue weighted by atomic mass is 32.2. The van der Waals surface area contributed by atoms with Crippen LogP contribution in [0.2, 0.25) is 0 Å². The van der Waals surface area contributed by atoms with Crippen LogP contribution in [-0.4, -0.2) is 13.0 Å². The Kier molecular flexibility index (Phi) is 3.45. The zero-order chi connectivity index (χ0) is 12.6. The minimum atomic E-state index is -4.05. The van der Waals surface area contributed by atoms with Crippen LogP contribution in [0.5, 0.6) is 0 Å². The number of hydrogen-bond acceptors (Lipinski definition) is 2. The van der Waals surface area contributed by atoms with Gasteiger partial charge in [0.25, 0.3) is 10.1 Å². The van der Waals surface area contributed by atoms with Gasteiger partial charge in [-0.15, -0.1) is 0 Å². The molecule has 0 aliphatic rings. The third-order valence-electron chi connectivity index (χ3n) is 2.59. The van der Waals surface area contributed by atoms with Gasteiger partial charge in [0.15, 0.2) is 0 Å². The van der Waals surface area contributed by atoms with Gasteiger partial charge in [0.05, 0.1) is 0 Å². The summed E-state index contributed by atoms with van der Waals surface area (Å²) in [5.41, 5.74) is 1.35. The first-order chi connectivity index (χ1) is 7.14. The lowest BCUT2D eigenvalue weighted by molar-refractivity contribution is 0.470. The lowest BCUT2D eigenvalue weighted by atomic mass is 9.83. The molecule has 1 atom stereocenters. The molecule has 0 aromatic heterocycles. The average Bonchev–Trinajstić information content (AvgIpc) is 2.14. The summed E-state index contributed by atoms with van der Waals surface area (Å²) in [6.07, 6.45) is 0. The molecule has 1 unspecified atom stereocenters. The molecule has 0 heterocycles. The summed E-state index contributed by atoms with van der Waals surface area (Å²) in [6.45, 7) is 7.48. The summed E-state index contributed by atoms with van der Waals surface area (Å²) < 4.78 is 31.4. The van der Waals surface area contributed by atoms with Gasteiger partial charge in [0, 0.05) is 0 Å². The van der Waals surface area contributed by atoms with Gasteiger partial charge in [-0.25, -0.2) is 0 Å². The first kappa shape index (κ1) is 13.2. The Labute approximate surface area is 97.2 Å². The summed E-state index contributed by atoms with van der Waals surface area (Å²) in [4.78, 5) is 0. The van der Waals surface area contributed by atoms with Crippen LogP contribution in [0.1, 0.15) is 44.1 Å². The van der Waals surface area contributed by atoms with Gasteiger partial charge in [0.1, 0.15) is 5.25 Å². The molecule has 1 aromatic rings. The average molecular weight is 241 g/mol. The van der Waals surface area contributed by atoms with E-state index in [2.05, 4.69) is 6.07 Å². The van der Waals surface area contributed by atoms with Gasteiger partial charge in [-0.2, -0.15) is 8.42 Å². The van der Waals surface area contributed by atoms with Crippen LogP contribution in [0.25, 0.3) is 0 Å². The van der Waals surface area contributed by atoms with Gasteiger partial charge in [-0.3, -0.25) is 4.55 Å². The first-order valence-corrected chi connectivity index (χ1v) is 6.61. The van der Waals surface area contributed by atoms with Crippen molar-refractivity contribution in [1.82, 2.24) is 0 Å². The predicted molar refractivity (Wildman–Crippen MR) is 63.9 cm³/mol. The Morgan fingerprint density at radius 3 is 2.38 bits per heavy atom. The molecular formula is C12H17O3S. The summed E-state index contributed by atoms with van der Waals surface area (Å²) >= 11 is 0. The quantitative estimate of drug-likeness (QED) is 0.810. The van der Waals surface area contributed by atoms with E-state index in [9.17, 15) is 8.42 Å². The number of benzene rings is 1. The van der Waals surface area contributed by atoms with E-state index in [1.54, 1.807) is 18.2 Å². The highest BCUT2D eigenvalue weighted by Gasteiger charge is 2.26. The van der Waals surface area contributed by atoms with Crippen LogP contribution in [0.3, 0.4) is 0 Å². The SMILES string of the molecule is CC(c1cc[c]cc1C(C)(C)C)S(=O)(=O)O. The standard InChI is InChI=1S/C12H17O3S/c1-9(16(13,14)15)10-7-5-6-8-11(10)12(2,3)4/h5,7-9H,1-4H3,(H,13,14,15). The van der Waals surface area contributed by atoms with Crippen molar-refractivity contribution in [1.29, 1.82) is 0 Å². The highest BCUT2D eigenvalue weighted by Crippen LogP contribution is 2.32. The van der Waals surface area contributed by atoms with E-state index in [4.69, 9.17) is 4.55 Å². The van der Waals surface area contributed by atoms with Gasteiger partial charge < -0.3 is 0 Å². The Morgan fingerprint density at radius 2 is 1.94 bits per heavy atom. The van der Waals surface area contributed by atoms with Crippen molar-refractivity contribution in [2.75, 3.05) is 0 Å². The van der Waals surface area contributed by atoms with Gasteiger partial charge in [0.2, 0.25) is 0 Å². The Hall–Kier alpha value is -0.870. The maximum atomic E-state index is 11.2. The molecule has 0 fully saturated rings. The lowest BCUT2D eigenvalue weighted by Crippen LogP contribution is -2.18. The van der Waals surface area contributed by atoms with Gasteiger partial charge >= 0.3 is 0 Å². The molecule has 0 saturated carbocycles. The van der Waals surface area contributed by atoms with Crippen molar-refractivity contribution in [3.63, 3.8) is 0 Å². The predicted octanol–water partition coefficient (Wildman–Crippen LogP) is 2.73.